The van der Waals surface area contributed by atoms with Gasteiger partial charge in [0.15, 0.2) is 0 Å². The molecule has 0 saturated carbocycles. The van der Waals surface area contributed by atoms with Gasteiger partial charge < -0.3 is 14.2 Å². The molecule has 0 heterocycles. The van der Waals surface area contributed by atoms with Crippen LogP contribution in [0.15, 0.2) is 39.9 Å². The Kier molecular flexibility index (Phi) is 7.06. The minimum Gasteiger partial charge on any atom is -0.496 e. The van der Waals surface area contributed by atoms with E-state index in [1.165, 1.54) is 6.21 Å². The van der Waals surface area contributed by atoms with E-state index in [-0.39, 0.29) is 5.91 Å². The van der Waals surface area contributed by atoms with Crippen molar-refractivity contribution in [3.05, 3.63) is 49.5 Å². The van der Waals surface area contributed by atoms with Gasteiger partial charge in [0, 0.05) is 17.2 Å². The van der Waals surface area contributed by atoms with Crippen molar-refractivity contribution in [3.8, 4) is 17.2 Å². The first-order valence-electron chi connectivity index (χ1n) is 7.08. The molecule has 2 aromatic rings. The molecule has 0 aliphatic heterocycles. The number of benzene rings is 2. The second-order valence-electron chi connectivity index (χ2n) is 4.78. The van der Waals surface area contributed by atoms with Gasteiger partial charge in [0.2, 0.25) is 0 Å². The minimum absolute atomic E-state index is 0.316. The monoisotopic (exact) mass is 518 g/mol. The van der Waals surface area contributed by atoms with Crippen LogP contribution in [0.25, 0.3) is 0 Å². The zero-order chi connectivity index (χ0) is 18.4. The number of hydrazone groups is 1. The SMILES string of the molecule is COc1cc(OC)c(/C=N\NC(=O)c2ccc(OC)c(I)c2)cc1Br. The van der Waals surface area contributed by atoms with Crippen molar-refractivity contribution in [2.24, 2.45) is 5.10 Å². The van der Waals surface area contributed by atoms with E-state index in [9.17, 15) is 4.79 Å². The average Bonchev–Trinajstić information content (AvgIpc) is 2.61. The molecule has 0 aromatic heterocycles. The van der Waals surface area contributed by atoms with Crippen molar-refractivity contribution in [3.63, 3.8) is 0 Å². The van der Waals surface area contributed by atoms with Crippen molar-refractivity contribution in [2.45, 2.75) is 0 Å². The third-order valence-corrected chi connectivity index (χ3v) is 4.75. The summed E-state index contributed by atoms with van der Waals surface area (Å²) < 4.78 is 17.3. The molecular formula is C17H16BrIN2O4. The number of ether oxygens (including phenoxy) is 3. The van der Waals surface area contributed by atoms with Gasteiger partial charge in [0.25, 0.3) is 5.91 Å². The summed E-state index contributed by atoms with van der Waals surface area (Å²) >= 11 is 5.52. The van der Waals surface area contributed by atoms with Gasteiger partial charge in [-0.25, -0.2) is 5.43 Å². The Morgan fingerprint density at radius 1 is 1.08 bits per heavy atom. The van der Waals surface area contributed by atoms with E-state index < -0.39 is 0 Å². The molecule has 0 fully saturated rings. The summed E-state index contributed by atoms with van der Waals surface area (Å²) in [6.07, 6.45) is 1.51. The molecule has 0 saturated heterocycles. The van der Waals surface area contributed by atoms with Crippen molar-refractivity contribution in [1.82, 2.24) is 5.43 Å². The van der Waals surface area contributed by atoms with E-state index in [0.717, 1.165) is 8.04 Å². The van der Waals surface area contributed by atoms with Crippen LogP contribution in [-0.2, 0) is 0 Å². The number of nitrogens with zero attached hydrogens (tertiary/aromatic N) is 1. The zero-order valence-electron chi connectivity index (χ0n) is 13.8. The normalized spacial score (nSPS) is 10.6. The lowest BCUT2D eigenvalue weighted by Gasteiger charge is -2.09. The number of carbonyl (C=O) groups is 1. The first-order valence-corrected chi connectivity index (χ1v) is 8.95. The Hall–Kier alpha value is -1.81. The molecule has 132 valence electrons. The van der Waals surface area contributed by atoms with Gasteiger partial charge in [-0.1, -0.05) is 0 Å². The summed E-state index contributed by atoms with van der Waals surface area (Å²) in [5, 5.41) is 4.00. The Labute approximate surface area is 167 Å². The lowest BCUT2D eigenvalue weighted by atomic mass is 10.2. The lowest BCUT2D eigenvalue weighted by molar-refractivity contribution is 0.0955. The number of nitrogens with one attached hydrogen (secondary N) is 1. The number of hydrogen-bond donors (Lipinski definition) is 1. The first-order chi connectivity index (χ1) is 12.0. The van der Waals surface area contributed by atoms with Crippen LogP contribution in [0.2, 0.25) is 0 Å². The highest BCUT2D eigenvalue weighted by Crippen LogP contribution is 2.31. The molecule has 0 aliphatic rings. The molecule has 0 aliphatic carbocycles. The highest BCUT2D eigenvalue weighted by atomic mass is 127. The minimum atomic E-state index is -0.316. The van der Waals surface area contributed by atoms with E-state index in [4.69, 9.17) is 14.2 Å². The molecule has 6 nitrogen and oxygen atoms in total. The molecule has 2 rings (SSSR count). The quantitative estimate of drug-likeness (QED) is 0.358. The third kappa shape index (κ3) is 4.85. The average molecular weight is 519 g/mol. The maximum absolute atomic E-state index is 12.2. The first kappa shape index (κ1) is 19.5. The topological polar surface area (TPSA) is 69.2 Å². The zero-order valence-corrected chi connectivity index (χ0v) is 17.5. The van der Waals surface area contributed by atoms with Crippen LogP contribution in [0.4, 0.5) is 0 Å². The molecule has 2 aromatic carbocycles. The maximum Gasteiger partial charge on any atom is 0.271 e. The van der Waals surface area contributed by atoms with Crippen LogP contribution in [0.1, 0.15) is 15.9 Å². The van der Waals surface area contributed by atoms with Crippen molar-refractivity contribution >= 4 is 50.6 Å². The molecule has 0 spiro atoms. The van der Waals surface area contributed by atoms with E-state index in [0.29, 0.717) is 28.4 Å². The summed E-state index contributed by atoms with van der Waals surface area (Å²) in [7, 11) is 4.71. The summed E-state index contributed by atoms with van der Waals surface area (Å²) in [6.45, 7) is 0. The molecule has 0 radical (unpaired) electrons. The van der Waals surface area contributed by atoms with Gasteiger partial charge in [-0.3, -0.25) is 4.79 Å². The smallest absolute Gasteiger partial charge is 0.271 e. The van der Waals surface area contributed by atoms with Crippen molar-refractivity contribution in [1.29, 1.82) is 0 Å². The molecule has 1 amide bonds. The van der Waals surface area contributed by atoms with Gasteiger partial charge >= 0.3 is 0 Å². The van der Waals surface area contributed by atoms with Crippen LogP contribution < -0.4 is 19.6 Å². The van der Waals surface area contributed by atoms with Gasteiger partial charge in [-0.15, -0.1) is 0 Å². The predicted molar refractivity (Wildman–Crippen MR) is 108 cm³/mol. The van der Waals surface area contributed by atoms with Gasteiger partial charge in [0.1, 0.15) is 17.2 Å². The van der Waals surface area contributed by atoms with E-state index in [1.807, 2.05) is 0 Å². The predicted octanol–water partition coefficient (Wildman–Crippen LogP) is 3.84. The Morgan fingerprint density at radius 3 is 2.36 bits per heavy atom. The summed E-state index contributed by atoms with van der Waals surface area (Å²) in [4.78, 5) is 12.2. The van der Waals surface area contributed by atoms with Crippen LogP contribution >= 0.6 is 38.5 Å². The Balaban J connectivity index is 2.14. The summed E-state index contributed by atoms with van der Waals surface area (Å²) in [6, 6.07) is 8.68. The number of hydrogen-bond acceptors (Lipinski definition) is 5. The summed E-state index contributed by atoms with van der Waals surface area (Å²) in [5.74, 6) is 1.62. The highest BCUT2D eigenvalue weighted by Gasteiger charge is 2.10. The fourth-order valence-corrected chi connectivity index (χ4v) is 3.28. The molecule has 0 atom stereocenters. The molecule has 1 N–H and O–H groups in total. The highest BCUT2D eigenvalue weighted by molar-refractivity contribution is 14.1. The largest absolute Gasteiger partial charge is 0.496 e. The molecule has 25 heavy (non-hydrogen) atoms. The fraction of sp³-hybridized carbons (Fsp3) is 0.176. The second-order valence-corrected chi connectivity index (χ2v) is 6.79. The van der Waals surface area contributed by atoms with Crippen LogP contribution in [0, 0.1) is 3.57 Å². The fourth-order valence-electron chi connectivity index (χ4n) is 2.02. The number of carbonyl (C=O) groups excluding carboxylic acids is 1. The van der Waals surface area contributed by atoms with E-state index >= 15 is 0 Å². The Morgan fingerprint density at radius 2 is 1.76 bits per heavy atom. The van der Waals surface area contributed by atoms with Crippen LogP contribution in [-0.4, -0.2) is 33.5 Å². The number of halogens is 2. The van der Waals surface area contributed by atoms with Crippen molar-refractivity contribution in [2.75, 3.05) is 21.3 Å². The number of amides is 1. The van der Waals surface area contributed by atoms with Crippen molar-refractivity contribution < 1.29 is 19.0 Å². The molecule has 0 bridgehead atoms. The van der Waals surface area contributed by atoms with Gasteiger partial charge in [-0.05, 0) is 62.8 Å². The van der Waals surface area contributed by atoms with Gasteiger partial charge in [-0.2, -0.15) is 5.10 Å². The van der Waals surface area contributed by atoms with Crippen LogP contribution in [0.3, 0.4) is 0 Å². The molecule has 0 unspecified atom stereocenters. The lowest BCUT2D eigenvalue weighted by Crippen LogP contribution is -2.17. The summed E-state index contributed by atoms with van der Waals surface area (Å²) in [5.41, 5.74) is 3.68. The maximum atomic E-state index is 12.2. The van der Waals surface area contributed by atoms with Gasteiger partial charge in [0.05, 0.1) is 35.6 Å². The molecular weight excluding hydrogens is 503 g/mol. The Bertz CT molecular complexity index is 811. The standard InChI is InChI=1S/C17H16BrIN2O4/c1-23-14-5-4-10(7-13(14)19)17(22)21-20-9-11-6-12(18)16(25-3)8-15(11)24-2/h4-9H,1-3H3,(H,21,22)/b20-9-. The van der Waals surface area contributed by atoms with Crippen LogP contribution in [0.5, 0.6) is 17.2 Å². The molecule has 8 heteroatoms. The number of methoxy groups -OCH3 is 3. The number of rotatable bonds is 6. The second kappa shape index (κ2) is 9.04. The van der Waals surface area contributed by atoms with E-state index in [2.05, 4.69) is 49.0 Å². The third-order valence-electron chi connectivity index (χ3n) is 3.29. The van der Waals surface area contributed by atoms with E-state index in [1.54, 1.807) is 51.7 Å².